The van der Waals surface area contributed by atoms with Crippen molar-refractivity contribution in [2.75, 3.05) is 5.73 Å². The molecule has 3 nitrogen and oxygen atoms in total. The lowest BCUT2D eigenvalue weighted by atomic mass is 9.90. The third-order valence-electron chi connectivity index (χ3n) is 4.63. The first-order valence-electron chi connectivity index (χ1n) is 8.25. The van der Waals surface area contributed by atoms with E-state index in [9.17, 15) is 10.2 Å². The summed E-state index contributed by atoms with van der Waals surface area (Å²) >= 11 is 0. The Bertz CT molecular complexity index is 801. The molecule has 0 atom stereocenters. The third kappa shape index (κ3) is 3.62. The zero-order valence-electron chi connectivity index (χ0n) is 13.9. The lowest BCUT2D eigenvalue weighted by molar-refractivity contribution is 0.385. The van der Waals surface area contributed by atoms with E-state index in [2.05, 4.69) is 19.1 Å². The number of rotatable bonds is 4. The predicted molar refractivity (Wildman–Crippen MR) is 98.2 cm³/mol. The van der Waals surface area contributed by atoms with Gasteiger partial charge in [0.15, 0.2) is 0 Å². The summed E-state index contributed by atoms with van der Waals surface area (Å²) in [6, 6.07) is 11.5. The molecule has 1 aliphatic rings. The molecule has 1 aliphatic carbocycles. The second-order valence-electron chi connectivity index (χ2n) is 6.44. The van der Waals surface area contributed by atoms with Crippen molar-refractivity contribution in [2.45, 2.75) is 32.6 Å². The lowest BCUT2D eigenvalue weighted by Crippen LogP contribution is -2.05. The van der Waals surface area contributed by atoms with Gasteiger partial charge >= 0.3 is 0 Å². The van der Waals surface area contributed by atoms with Crippen molar-refractivity contribution in [1.82, 2.24) is 0 Å². The van der Waals surface area contributed by atoms with Gasteiger partial charge in [0.2, 0.25) is 0 Å². The summed E-state index contributed by atoms with van der Waals surface area (Å²) in [4.78, 5) is 0. The van der Waals surface area contributed by atoms with Crippen LogP contribution in [0.4, 0.5) is 5.69 Å². The van der Waals surface area contributed by atoms with E-state index < -0.39 is 0 Å². The molecule has 0 saturated heterocycles. The Morgan fingerprint density at radius 1 is 0.917 bits per heavy atom. The van der Waals surface area contributed by atoms with Crippen LogP contribution in [0.25, 0.3) is 0 Å². The molecule has 124 valence electrons. The molecule has 0 heterocycles. The van der Waals surface area contributed by atoms with Crippen molar-refractivity contribution in [3.8, 4) is 5.75 Å². The van der Waals surface area contributed by atoms with Crippen molar-refractivity contribution >= 4 is 5.69 Å². The highest BCUT2D eigenvalue weighted by Gasteiger charge is 2.13. The number of aryl methyl sites for hydroxylation is 1. The molecule has 0 spiro atoms. The van der Waals surface area contributed by atoms with Crippen LogP contribution in [0.15, 0.2) is 59.9 Å². The number of hydrogen-bond acceptors (Lipinski definition) is 3. The predicted octanol–water partition coefficient (Wildman–Crippen LogP) is 4.58. The van der Waals surface area contributed by atoms with Crippen LogP contribution in [0.3, 0.4) is 0 Å². The number of phenolic OH excluding ortho intramolecular Hbond substituents is 1. The van der Waals surface area contributed by atoms with Crippen molar-refractivity contribution in [1.29, 1.82) is 0 Å². The van der Waals surface area contributed by atoms with Crippen molar-refractivity contribution in [3.63, 3.8) is 0 Å². The number of anilines is 1. The highest BCUT2D eigenvalue weighted by atomic mass is 16.3. The van der Waals surface area contributed by atoms with Gasteiger partial charge < -0.3 is 15.9 Å². The summed E-state index contributed by atoms with van der Waals surface area (Å²) in [6.45, 7) is 2.09. The number of aliphatic hydroxyl groups excluding tert-OH is 1. The largest absolute Gasteiger partial charge is 0.512 e. The Morgan fingerprint density at radius 2 is 1.67 bits per heavy atom. The number of nitrogens with two attached hydrogens (primary N) is 1. The summed E-state index contributed by atoms with van der Waals surface area (Å²) in [7, 11) is 0. The zero-order chi connectivity index (χ0) is 17.1. The fourth-order valence-electron chi connectivity index (χ4n) is 3.09. The zero-order valence-corrected chi connectivity index (χ0v) is 13.9. The van der Waals surface area contributed by atoms with Gasteiger partial charge in [0.1, 0.15) is 5.75 Å². The van der Waals surface area contributed by atoms with Crippen molar-refractivity contribution in [2.24, 2.45) is 0 Å². The Labute approximate surface area is 142 Å². The first-order valence-corrected chi connectivity index (χ1v) is 8.25. The Balaban J connectivity index is 1.86. The molecule has 0 fully saturated rings. The topological polar surface area (TPSA) is 66.5 Å². The lowest BCUT2D eigenvalue weighted by Gasteiger charge is -2.17. The molecular formula is C21H23NO2. The number of hydrogen-bond donors (Lipinski definition) is 3. The molecule has 0 unspecified atom stereocenters. The van der Waals surface area contributed by atoms with Crippen LogP contribution in [0.5, 0.6) is 5.75 Å². The minimum atomic E-state index is 0.275. The molecule has 3 rings (SSSR count). The van der Waals surface area contributed by atoms with Crippen LogP contribution in [0.2, 0.25) is 0 Å². The number of nitrogen functional groups attached to an aromatic ring is 1. The summed E-state index contributed by atoms with van der Waals surface area (Å²) in [5.74, 6) is 0.724. The smallest absolute Gasteiger partial charge is 0.115 e. The normalized spacial score (nSPS) is 14.2. The van der Waals surface area contributed by atoms with Gasteiger partial charge in [-0.25, -0.2) is 0 Å². The SMILES string of the molecule is Cc1ccc(Cc2ccc(O)cc2)c(N)c1CC1=CC=C(O)CC1. The fourth-order valence-corrected chi connectivity index (χ4v) is 3.09. The van der Waals surface area contributed by atoms with E-state index in [0.29, 0.717) is 12.2 Å². The second kappa shape index (κ2) is 6.83. The highest BCUT2D eigenvalue weighted by molar-refractivity contribution is 5.59. The summed E-state index contributed by atoms with van der Waals surface area (Å²) in [6.07, 6.45) is 6.94. The molecule has 0 aliphatic heterocycles. The molecular weight excluding hydrogens is 298 g/mol. The molecule has 0 amide bonds. The van der Waals surface area contributed by atoms with Gasteiger partial charge in [-0.15, -0.1) is 0 Å². The van der Waals surface area contributed by atoms with Gasteiger partial charge in [-0.05, 0) is 66.6 Å². The molecule has 2 aromatic rings. The average molecular weight is 321 g/mol. The quantitative estimate of drug-likeness (QED) is 0.722. The number of benzene rings is 2. The fraction of sp³-hybridized carbons (Fsp3) is 0.238. The Hall–Kier alpha value is -2.68. The van der Waals surface area contributed by atoms with E-state index in [-0.39, 0.29) is 5.75 Å². The maximum atomic E-state index is 9.50. The van der Waals surface area contributed by atoms with Crippen molar-refractivity contribution < 1.29 is 10.2 Å². The standard InChI is InChI=1S/C21H23NO2/c1-14-2-7-17(12-15-3-8-18(23)9-4-15)21(22)20(14)13-16-5-10-19(24)11-6-16/h2-5,7-10,23-24H,6,11-13,22H2,1H3. The molecule has 3 heteroatoms. The van der Waals surface area contributed by atoms with Crippen LogP contribution in [0, 0.1) is 6.92 Å². The summed E-state index contributed by atoms with van der Waals surface area (Å²) in [5, 5.41) is 18.9. The number of aliphatic hydroxyl groups is 1. The van der Waals surface area contributed by atoms with E-state index in [1.54, 1.807) is 18.2 Å². The van der Waals surface area contributed by atoms with E-state index in [1.807, 2.05) is 18.2 Å². The van der Waals surface area contributed by atoms with E-state index in [0.717, 1.165) is 36.1 Å². The molecule has 4 N–H and O–H groups in total. The molecule has 2 aromatic carbocycles. The number of allylic oxidation sites excluding steroid dienone is 4. The minimum absolute atomic E-state index is 0.275. The van der Waals surface area contributed by atoms with Gasteiger partial charge in [0, 0.05) is 12.1 Å². The van der Waals surface area contributed by atoms with Crippen LogP contribution in [-0.4, -0.2) is 10.2 Å². The monoisotopic (exact) mass is 321 g/mol. The average Bonchev–Trinajstić information content (AvgIpc) is 2.58. The maximum Gasteiger partial charge on any atom is 0.115 e. The van der Waals surface area contributed by atoms with Gasteiger partial charge in [-0.1, -0.05) is 35.9 Å². The van der Waals surface area contributed by atoms with Gasteiger partial charge in [0.05, 0.1) is 5.76 Å². The molecule has 24 heavy (non-hydrogen) atoms. The van der Waals surface area contributed by atoms with Crippen molar-refractivity contribution in [3.05, 3.63) is 82.1 Å². The number of aromatic hydroxyl groups is 1. The minimum Gasteiger partial charge on any atom is -0.512 e. The second-order valence-corrected chi connectivity index (χ2v) is 6.44. The molecule has 0 bridgehead atoms. The first-order chi connectivity index (χ1) is 11.5. The van der Waals surface area contributed by atoms with Gasteiger partial charge in [-0.3, -0.25) is 0 Å². The van der Waals surface area contributed by atoms with Gasteiger partial charge in [0.25, 0.3) is 0 Å². The Morgan fingerprint density at radius 3 is 2.33 bits per heavy atom. The van der Waals surface area contributed by atoms with E-state index in [4.69, 9.17) is 5.73 Å². The summed E-state index contributed by atoms with van der Waals surface area (Å²) < 4.78 is 0. The van der Waals surface area contributed by atoms with Crippen LogP contribution >= 0.6 is 0 Å². The van der Waals surface area contributed by atoms with Crippen LogP contribution in [0.1, 0.15) is 35.1 Å². The van der Waals surface area contributed by atoms with E-state index >= 15 is 0 Å². The first kappa shape index (κ1) is 16.2. The third-order valence-corrected chi connectivity index (χ3v) is 4.63. The molecule has 0 saturated carbocycles. The highest BCUT2D eigenvalue weighted by Crippen LogP contribution is 2.29. The molecule has 0 radical (unpaired) electrons. The number of phenols is 1. The Kier molecular flexibility index (Phi) is 4.61. The maximum absolute atomic E-state index is 9.50. The summed E-state index contributed by atoms with van der Waals surface area (Å²) in [5.41, 5.74) is 13.2. The molecule has 0 aromatic heterocycles. The van der Waals surface area contributed by atoms with Crippen LogP contribution in [-0.2, 0) is 12.8 Å². The van der Waals surface area contributed by atoms with Gasteiger partial charge in [-0.2, -0.15) is 0 Å². The van der Waals surface area contributed by atoms with E-state index in [1.165, 1.54) is 16.7 Å². The van der Waals surface area contributed by atoms with Crippen LogP contribution < -0.4 is 5.73 Å².